The van der Waals surface area contributed by atoms with Crippen LogP contribution in [-0.4, -0.2) is 17.9 Å². The second-order valence-electron chi connectivity index (χ2n) is 5.00. The van der Waals surface area contributed by atoms with E-state index in [2.05, 4.69) is 4.99 Å². The summed E-state index contributed by atoms with van der Waals surface area (Å²) in [6.45, 7) is 4.04. The van der Waals surface area contributed by atoms with Crippen LogP contribution in [-0.2, 0) is 0 Å². The van der Waals surface area contributed by atoms with E-state index in [9.17, 15) is 10.1 Å². The van der Waals surface area contributed by atoms with Gasteiger partial charge in [0.2, 0.25) is 6.79 Å². The molecule has 3 rings (SSSR count). The highest BCUT2D eigenvalue weighted by molar-refractivity contribution is 5.89. The number of rotatable bonds is 3. The van der Waals surface area contributed by atoms with Crippen molar-refractivity contribution >= 4 is 17.6 Å². The van der Waals surface area contributed by atoms with Crippen LogP contribution in [0.15, 0.2) is 35.3 Å². The fraction of sp³-hybridized carbons (Fsp3) is 0.188. The van der Waals surface area contributed by atoms with E-state index in [4.69, 9.17) is 9.47 Å². The lowest BCUT2D eigenvalue weighted by Gasteiger charge is -2.04. The van der Waals surface area contributed by atoms with Gasteiger partial charge in [0.05, 0.1) is 22.2 Å². The Morgan fingerprint density at radius 1 is 1.23 bits per heavy atom. The minimum absolute atomic E-state index is 0.0571. The molecule has 0 bridgehead atoms. The molecule has 6 heteroatoms. The van der Waals surface area contributed by atoms with E-state index in [1.54, 1.807) is 6.07 Å². The molecule has 0 aromatic heterocycles. The summed E-state index contributed by atoms with van der Waals surface area (Å²) < 4.78 is 10.4. The van der Waals surface area contributed by atoms with Gasteiger partial charge in [0.15, 0.2) is 11.5 Å². The zero-order valence-corrected chi connectivity index (χ0v) is 12.2. The van der Waals surface area contributed by atoms with Gasteiger partial charge in [-0.2, -0.15) is 0 Å². The maximum absolute atomic E-state index is 11.2. The number of fused-ring (bicyclic) bond motifs is 1. The van der Waals surface area contributed by atoms with Crippen molar-refractivity contribution in [2.24, 2.45) is 4.99 Å². The number of hydrogen-bond acceptors (Lipinski definition) is 5. The third-order valence-electron chi connectivity index (χ3n) is 3.64. The Balaban J connectivity index is 2.03. The molecule has 0 atom stereocenters. The number of benzene rings is 2. The molecule has 2 aromatic carbocycles. The maximum atomic E-state index is 11.2. The lowest BCUT2D eigenvalue weighted by atomic mass is 10.1. The van der Waals surface area contributed by atoms with Gasteiger partial charge in [-0.1, -0.05) is 12.1 Å². The number of nitro groups is 1. The van der Waals surface area contributed by atoms with E-state index in [1.165, 1.54) is 12.3 Å². The fourth-order valence-corrected chi connectivity index (χ4v) is 2.22. The van der Waals surface area contributed by atoms with Gasteiger partial charge in [-0.3, -0.25) is 15.1 Å². The summed E-state index contributed by atoms with van der Waals surface area (Å²) in [5.41, 5.74) is 3.28. The summed E-state index contributed by atoms with van der Waals surface area (Å²) in [5, 5.41) is 11.2. The Morgan fingerprint density at radius 3 is 2.68 bits per heavy atom. The van der Waals surface area contributed by atoms with Crippen LogP contribution in [0, 0.1) is 24.0 Å². The van der Waals surface area contributed by atoms with E-state index in [-0.39, 0.29) is 12.5 Å². The minimum Gasteiger partial charge on any atom is -0.454 e. The fourth-order valence-electron chi connectivity index (χ4n) is 2.22. The average Bonchev–Trinajstić information content (AvgIpc) is 2.95. The quantitative estimate of drug-likeness (QED) is 0.492. The molecule has 0 fully saturated rings. The van der Waals surface area contributed by atoms with Crippen LogP contribution in [0.25, 0.3) is 0 Å². The maximum Gasteiger partial charge on any atom is 0.282 e. The molecule has 22 heavy (non-hydrogen) atoms. The number of nitrogens with zero attached hydrogens (tertiary/aromatic N) is 2. The highest BCUT2D eigenvalue weighted by atomic mass is 16.7. The monoisotopic (exact) mass is 298 g/mol. The van der Waals surface area contributed by atoms with Crippen molar-refractivity contribution in [2.45, 2.75) is 13.8 Å². The van der Waals surface area contributed by atoms with Crippen LogP contribution in [0.1, 0.15) is 16.7 Å². The first-order chi connectivity index (χ1) is 10.6. The zero-order chi connectivity index (χ0) is 15.7. The molecular formula is C16H14N2O4. The summed E-state index contributed by atoms with van der Waals surface area (Å²) in [7, 11) is 0. The summed E-state index contributed by atoms with van der Waals surface area (Å²) in [4.78, 5) is 15.1. The molecule has 0 spiro atoms. The Bertz CT molecular complexity index is 784. The summed E-state index contributed by atoms with van der Waals surface area (Å²) in [6, 6.07) is 8.72. The van der Waals surface area contributed by atoms with Gasteiger partial charge in [-0.25, -0.2) is 0 Å². The van der Waals surface area contributed by atoms with Crippen LogP contribution in [0.2, 0.25) is 0 Å². The van der Waals surface area contributed by atoms with Crippen LogP contribution in [0.3, 0.4) is 0 Å². The smallest absolute Gasteiger partial charge is 0.282 e. The molecule has 0 saturated carbocycles. The summed E-state index contributed by atoms with van der Waals surface area (Å²) in [6.07, 6.45) is 1.49. The van der Waals surface area contributed by atoms with Gasteiger partial charge < -0.3 is 9.47 Å². The average molecular weight is 298 g/mol. The van der Waals surface area contributed by atoms with Crippen LogP contribution in [0.5, 0.6) is 11.5 Å². The molecule has 6 nitrogen and oxygen atoms in total. The second-order valence-corrected chi connectivity index (χ2v) is 5.00. The Kier molecular flexibility index (Phi) is 3.50. The summed E-state index contributed by atoms with van der Waals surface area (Å²) >= 11 is 0. The predicted octanol–water partition coefficient (Wildman–Crippen LogP) is 3.69. The van der Waals surface area contributed by atoms with Crippen molar-refractivity contribution in [1.82, 2.24) is 0 Å². The first-order valence-corrected chi connectivity index (χ1v) is 6.74. The Labute approximate surface area is 127 Å². The predicted molar refractivity (Wildman–Crippen MR) is 82.4 cm³/mol. The van der Waals surface area contributed by atoms with Crippen molar-refractivity contribution in [1.29, 1.82) is 0 Å². The molecule has 0 unspecified atom stereocenters. The topological polar surface area (TPSA) is 74.0 Å². The number of aryl methyl sites for hydroxylation is 1. The zero-order valence-electron chi connectivity index (χ0n) is 12.2. The second kappa shape index (κ2) is 5.48. The molecule has 112 valence electrons. The van der Waals surface area contributed by atoms with Crippen molar-refractivity contribution in [2.75, 3.05) is 6.79 Å². The number of ether oxygens (including phenoxy) is 2. The standard InChI is InChI=1S/C16H14N2O4/c1-10-4-3-5-13(11(10)2)17-8-12-6-15-16(22-9-21-15)7-14(12)18(19)20/h3-8H,9H2,1-2H3. The largest absolute Gasteiger partial charge is 0.454 e. The normalized spacial score (nSPS) is 12.8. The van der Waals surface area contributed by atoms with Crippen molar-refractivity contribution in [3.63, 3.8) is 0 Å². The van der Waals surface area contributed by atoms with E-state index in [0.29, 0.717) is 17.1 Å². The molecule has 2 aromatic rings. The van der Waals surface area contributed by atoms with Gasteiger partial charge in [-0.15, -0.1) is 0 Å². The molecule has 0 N–H and O–H groups in total. The van der Waals surface area contributed by atoms with Crippen LogP contribution < -0.4 is 9.47 Å². The molecule has 1 aliphatic heterocycles. The van der Waals surface area contributed by atoms with Crippen LogP contribution in [0.4, 0.5) is 11.4 Å². The minimum atomic E-state index is -0.452. The van der Waals surface area contributed by atoms with Gasteiger partial charge in [-0.05, 0) is 37.1 Å². The van der Waals surface area contributed by atoms with Crippen molar-refractivity contribution in [3.8, 4) is 11.5 Å². The SMILES string of the molecule is Cc1cccc(N=Cc2cc3c(cc2[N+](=O)[O-])OCO3)c1C. The number of aliphatic imine (C=N–C) groups is 1. The molecule has 0 radical (unpaired) electrons. The third kappa shape index (κ3) is 2.50. The Morgan fingerprint density at radius 2 is 1.95 bits per heavy atom. The lowest BCUT2D eigenvalue weighted by molar-refractivity contribution is -0.385. The first-order valence-electron chi connectivity index (χ1n) is 6.74. The molecule has 0 aliphatic carbocycles. The van der Waals surface area contributed by atoms with Gasteiger partial charge in [0.1, 0.15) is 0 Å². The first kappa shape index (κ1) is 14.1. The molecule has 1 heterocycles. The highest BCUT2D eigenvalue weighted by Gasteiger charge is 2.22. The summed E-state index contributed by atoms with van der Waals surface area (Å²) in [5.74, 6) is 0.878. The van der Waals surface area contributed by atoms with E-state index in [0.717, 1.165) is 16.8 Å². The van der Waals surface area contributed by atoms with Crippen LogP contribution >= 0.6 is 0 Å². The van der Waals surface area contributed by atoms with E-state index < -0.39 is 4.92 Å². The van der Waals surface area contributed by atoms with E-state index >= 15 is 0 Å². The van der Waals surface area contributed by atoms with Crippen molar-refractivity contribution < 1.29 is 14.4 Å². The lowest BCUT2D eigenvalue weighted by Crippen LogP contribution is -1.95. The number of hydrogen-bond donors (Lipinski definition) is 0. The Hall–Kier alpha value is -2.89. The molecule has 0 saturated heterocycles. The third-order valence-corrected chi connectivity index (χ3v) is 3.64. The number of nitro benzene ring substituents is 1. The molecule has 1 aliphatic rings. The van der Waals surface area contributed by atoms with Crippen molar-refractivity contribution in [3.05, 3.63) is 57.1 Å². The molecule has 0 amide bonds. The highest BCUT2D eigenvalue weighted by Crippen LogP contribution is 2.37. The van der Waals surface area contributed by atoms with Gasteiger partial charge >= 0.3 is 0 Å². The molecular weight excluding hydrogens is 284 g/mol. The van der Waals surface area contributed by atoms with Gasteiger partial charge in [0, 0.05) is 6.21 Å². The van der Waals surface area contributed by atoms with Gasteiger partial charge in [0.25, 0.3) is 5.69 Å². The van der Waals surface area contributed by atoms with E-state index in [1.807, 2.05) is 32.0 Å².